The van der Waals surface area contributed by atoms with E-state index in [1.54, 1.807) is 0 Å². The van der Waals surface area contributed by atoms with Crippen LogP contribution in [0.1, 0.15) is 39.5 Å². The molecule has 0 aromatic rings. The monoisotopic (exact) mass is 201 g/mol. The molecular formula is C11H23NO2. The molecule has 0 bridgehead atoms. The predicted octanol–water partition coefficient (Wildman–Crippen LogP) is 1.70. The maximum atomic E-state index is 6.21. The molecule has 14 heavy (non-hydrogen) atoms. The Balaban J connectivity index is 2.10. The first-order valence-corrected chi connectivity index (χ1v) is 5.67. The fraction of sp³-hybridized carbons (Fsp3) is 1.00. The Morgan fingerprint density at radius 2 is 2.29 bits per heavy atom. The largest absolute Gasteiger partial charge is 0.381 e. The van der Waals surface area contributed by atoms with Crippen LogP contribution in [0, 0.1) is 0 Å². The van der Waals surface area contributed by atoms with Crippen molar-refractivity contribution in [2.45, 2.75) is 51.2 Å². The van der Waals surface area contributed by atoms with Gasteiger partial charge in [-0.3, -0.25) is 0 Å². The highest BCUT2D eigenvalue weighted by Crippen LogP contribution is 2.26. The van der Waals surface area contributed by atoms with Crippen molar-refractivity contribution in [2.24, 2.45) is 5.73 Å². The molecule has 0 saturated carbocycles. The number of hydrogen-bond donors (Lipinski definition) is 1. The molecule has 2 N–H and O–H groups in total. The van der Waals surface area contributed by atoms with Crippen LogP contribution in [0.2, 0.25) is 0 Å². The van der Waals surface area contributed by atoms with Crippen LogP contribution in [0.15, 0.2) is 0 Å². The van der Waals surface area contributed by atoms with Gasteiger partial charge in [0.05, 0.1) is 6.10 Å². The summed E-state index contributed by atoms with van der Waals surface area (Å²) in [6.07, 6.45) is 4.39. The van der Waals surface area contributed by atoms with E-state index in [0.717, 1.165) is 39.1 Å². The van der Waals surface area contributed by atoms with Gasteiger partial charge in [-0.05, 0) is 26.2 Å². The molecule has 0 radical (unpaired) electrons. The SMILES string of the molecule is CCCCOCCC1(N)CCOC1C. The summed E-state index contributed by atoms with van der Waals surface area (Å²) in [5.74, 6) is 0. The highest BCUT2D eigenvalue weighted by molar-refractivity contribution is 4.94. The average molecular weight is 201 g/mol. The van der Waals surface area contributed by atoms with E-state index < -0.39 is 0 Å². The van der Waals surface area contributed by atoms with Gasteiger partial charge in [-0.1, -0.05) is 13.3 Å². The third-order valence-corrected chi connectivity index (χ3v) is 3.10. The summed E-state index contributed by atoms with van der Waals surface area (Å²) < 4.78 is 11.0. The minimum atomic E-state index is -0.147. The van der Waals surface area contributed by atoms with Gasteiger partial charge >= 0.3 is 0 Å². The normalized spacial score (nSPS) is 32.4. The van der Waals surface area contributed by atoms with E-state index in [4.69, 9.17) is 15.2 Å². The van der Waals surface area contributed by atoms with E-state index in [1.807, 2.05) is 0 Å². The van der Waals surface area contributed by atoms with E-state index in [0.29, 0.717) is 0 Å². The van der Waals surface area contributed by atoms with Crippen LogP contribution in [0.25, 0.3) is 0 Å². The van der Waals surface area contributed by atoms with Crippen LogP contribution in [-0.2, 0) is 9.47 Å². The van der Waals surface area contributed by atoms with Gasteiger partial charge in [0.25, 0.3) is 0 Å². The summed E-state index contributed by atoms with van der Waals surface area (Å²) in [7, 11) is 0. The molecule has 1 saturated heterocycles. The van der Waals surface area contributed by atoms with Crippen molar-refractivity contribution < 1.29 is 9.47 Å². The van der Waals surface area contributed by atoms with Gasteiger partial charge in [0.2, 0.25) is 0 Å². The van der Waals surface area contributed by atoms with E-state index in [2.05, 4.69) is 13.8 Å². The van der Waals surface area contributed by atoms with Gasteiger partial charge in [-0.2, -0.15) is 0 Å². The second-order valence-corrected chi connectivity index (χ2v) is 4.21. The summed E-state index contributed by atoms with van der Waals surface area (Å²) >= 11 is 0. The fourth-order valence-electron chi connectivity index (χ4n) is 1.73. The van der Waals surface area contributed by atoms with Crippen molar-refractivity contribution >= 4 is 0 Å². The smallest absolute Gasteiger partial charge is 0.0728 e. The quantitative estimate of drug-likeness (QED) is 0.665. The maximum Gasteiger partial charge on any atom is 0.0728 e. The molecule has 84 valence electrons. The lowest BCUT2D eigenvalue weighted by Crippen LogP contribution is -2.46. The van der Waals surface area contributed by atoms with E-state index >= 15 is 0 Å². The van der Waals surface area contributed by atoms with Crippen molar-refractivity contribution in [3.8, 4) is 0 Å². The lowest BCUT2D eigenvalue weighted by molar-refractivity contribution is 0.0682. The van der Waals surface area contributed by atoms with Crippen molar-refractivity contribution in [1.82, 2.24) is 0 Å². The molecule has 1 heterocycles. The molecule has 3 heteroatoms. The van der Waals surface area contributed by atoms with Gasteiger partial charge < -0.3 is 15.2 Å². The van der Waals surface area contributed by atoms with Crippen LogP contribution in [0.5, 0.6) is 0 Å². The zero-order chi connectivity index (χ0) is 10.4. The molecule has 1 aliphatic heterocycles. The third-order valence-electron chi connectivity index (χ3n) is 3.10. The Bertz CT molecular complexity index is 163. The van der Waals surface area contributed by atoms with Crippen LogP contribution >= 0.6 is 0 Å². The molecule has 1 fully saturated rings. The fourth-order valence-corrected chi connectivity index (χ4v) is 1.73. The van der Waals surface area contributed by atoms with Crippen molar-refractivity contribution in [3.63, 3.8) is 0 Å². The number of hydrogen-bond acceptors (Lipinski definition) is 3. The molecule has 0 aromatic carbocycles. The number of unbranched alkanes of at least 4 members (excludes halogenated alkanes) is 1. The molecule has 2 atom stereocenters. The molecule has 0 aliphatic carbocycles. The molecule has 2 unspecified atom stereocenters. The first kappa shape index (κ1) is 12.0. The van der Waals surface area contributed by atoms with E-state index in [9.17, 15) is 0 Å². The van der Waals surface area contributed by atoms with Gasteiger partial charge in [-0.25, -0.2) is 0 Å². The van der Waals surface area contributed by atoms with Crippen LogP contribution in [-0.4, -0.2) is 31.5 Å². The number of rotatable bonds is 6. The lowest BCUT2D eigenvalue weighted by atomic mass is 9.90. The second-order valence-electron chi connectivity index (χ2n) is 4.21. The zero-order valence-corrected chi connectivity index (χ0v) is 9.42. The molecule has 0 spiro atoms. The van der Waals surface area contributed by atoms with Crippen LogP contribution in [0.4, 0.5) is 0 Å². The predicted molar refractivity (Wildman–Crippen MR) is 57.3 cm³/mol. The Labute approximate surface area is 86.9 Å². The summed E-state index contributed by atoms with van der Waals surface area (Å²) in [5, 5.41) is 0. The first-order valence-electron chi connectivity index (χ1n) is 5.67. The van der Waals surface area contributed by atoms with Crippen molar-refractivity contribution in [3.05, 3.63) is 0 Å². The maximum absolute atomic E-state index is 6.21. The Morgan fingerprint density at radius 3 is 2.86 bits per heavy atom. The van der Waals surface area contributed by atoms with Gasteiger partial charge in [0.1, 0.15) is 0 Å². The highest BCUT2D eigenvalue weighted by Gasteiger charge is 2.37. The lowest BCUT2D eigenvalue weighted by Gasteiger charge is -2.27. The summed E-state index contributed by atoms with van der Waals surface area (Å²) in [6.45, 7) is 6.65. The minimum Gasteiger partial charge on any atom is -0.381 e. The van der Waals surface area contributed by atoms with E-state index in [-0.39, 0.29) is 11.6 Å². The molecule has 0 aromatic heterocycles. The molecule has 1 aliphatic rings. The molecule has 3 nitrogen and oxygen atoms in total. The topological polar surface area (TPSA) is 44.5 Å². The number of nitrogens with two attached hydrogens (primary N) is 1. The number of ether oxygens (including phenoxy) is 2. The Kier molecular flexibility index (Phi) is 4.85. The summed E-state index contributed by atoms with van der Waals surface area (Å²) in [5.41, 5.74) is 6.07. The van der Waals surface area contributed by atoms with Gasteiger partial charge in [0, 0.05) is 25.4 Å². The average Bonchev–Trinajstić information content (AvgIpc) is 2.47. The molecule has 0 amide bonds. The third kappa shape index (κ3) is 3.23. The van der Waals surface area contributed by atoms with E-state index in [1.165, 1.54) is 6.42 Å². The Morgan fingerprint density at radius 1 is 1.50 bits per heavy atom. The van der Waals surface area contributed by atoms with Crippen LogP contribution < -0.4 is 5.73 Å². The van der Waals surface area contributed by atoms with Gasteiger partial charge in [0.15, 0.2) is 0 Å². The van der Waals surface area contributed by atoms with Crippen molar-refractivity contribution in [2.75, 3.05) is 19.8 Å². The molecular weight excluding hydrogens is 178 g/mol. The summed E-state index contributed by atoms with van der Waals surface area (Å²) in [6, 6.07) is 0. The second kappa shape index (κ2) is 5.69. The standard InChI is InChI=1S/C11H23NO2/c1-3-4-7-13-8-5-11(12)6-9-14-10(11)2/h10H,3-9,12H2,1-2H3. The Hall–Kier alpha value is -0.120. The summed E-state index contributed by atoms with van der Waals surface area (Å²) in [4.78, 5) is 0. The zero-order valence-electron chi connectivity index (χ0n) is 9.42. The molecule has 1 rings (SSSR count). The van der Waals surface area contributed by atoms with Gasteiger partial charge in [-0.15, -0.1) is 0 Å². The minimum absolute atomic E-state index is 0.147. The van der Waals surface area contributed by atoms with Crippen molar-refractivity contribution in [1.29, 1.82) is 0 Å². The highest BCUT2D eigenvalue weighted by atomic mass is 16.5. The first-order chi connectivity index (χ1) is 6.69. The van der Waals surface area contributed by atoms with Crippen LogP contribution in [0.3, 0.4) is 0 Å².